The molecule has 28 heavy (non-hydrogen) atoms. The van der Waals surface area contributed by atoms with Crippen molar-refractivity contribution in [2.45, 2.75) is 32.9 Å². The summed E-state index contributed by atoms with van der Waals surface area (Å²) in [6.07, 6.45) is -0.0294. The van der Waals surface area contributed by atoms with Gasteiger partial charge in [-0.05, 0) is 32.5 Å². The number of rotatable bonds is 7. The second-order valence-electron chi connectivity index (χ2n) is 7.42. The zero-order valence-electron chi connectivity index (χ0n) is 17.5. The van der Waals surface area contributed by atoms with Crippen LogP contribution in [0, 0.1) is 0 Å². The van der Waals surface area contributed by atoms with Crippen LogP contribution in [0.2, 0.25) is 0 Å². The number of nitrogens with one attached hydrogen (secondary N) is 2. The Morgan fingerprint density at radius 2 is 1.89 bits per heavy atom. The monoisotopic (exact) mass is 389 g/mol. The average molecular weight is 390 g/mol. The summed E-state index contributed by atoms with van der Waals surface area (Å²) >= 11 is 0. The molecular formula is C21H35N5O2. The summed E-state index contributed by atoms with van der Waals surface area (Å²) in [6, 6.07) is 8.24. The van der Waals surface area contributed by atoms with Crippen molar-refractivity contribution in [1.29, 1.82) is 0 Å². The minimum Gasteiger partial charge on any atom is -0.486 e. The molecule has 1 saturated heterocycles. The highest BCUT2D eigenvalue weighted by Gasteiger charge is 2.22. The SMILES string of the molecule is CCNC(=NCC(C)N1CCN(CC)CC1)NCC1COc2ccccc2O1. The third kappa shape index (κ3) is 5.75. The van der Waals surface area contributed by atoms with Crippen LogP contribution in [0.4, 0.5) is 0 Å². The van der Waals surface area contributed by atoms with Gasteiger partial charge in [0, 0.05) is 38.8 Å². The molecule has 2 N–H and O–H groups in total. The molecule has 2 aliphatic rings. The van der Waals surface area contributed by atoms with Crippen LogP contribution in [-0.4, -0.2) is 86.9 Å². The van der Waals surface area contributed by atoms with E-state index >= 15 is 0 Å². The third-order valence-electron chi connectivity index (χ3n) is 5.40. The lowest BCUT2D eigenvalue weighted by Gasteiger charge is -2.37. The number of benzene rings is 1. The molecule has 2 unspecified atom stereocenters. The van der Waals surface area contributed by atoms with E-state index in [4.69, 9.17) is 14.5 Å². The third-order valence-corrected chi connectivity index (χ3v) is 5.40. The lowest BCUT2D eigenvalue weighted by Crippen LogP contribution is -2.50. The van der Waals surface area contributed by atoms with Crippen molar-refractivity contribution in [2.24, 2.45) is 4.99 Å². The molecule has 1 aromatic carbocycles. The van der Waals surface area contributed by atoms with Gasteiger partial charge in [0.25, 0.3) is 0 Å². The fourth-order valence-electron chi connectivity index (χ4n) is 3.58. The highest BCUT2D eigenvalue weighted by Crippen LogP contribution is 2.30. The number of fused-ring (bicyclic) bond motifs is 1. The first-order valence-electron chi connectivity index (χ1n) is 10.6. The fourth-order valence-corrected chi connectivity index (χ4v) is 3.58. The summed E-state index contributed by atoms with van der Waals surface area (Å²) in [5, 5.41) is 6.73. The summed E-state index contributed by atoms with van der Waals surface area (Å²) in [4.78, 5) is 9.84. The summed E-state index contributed by atoms with van der Waals surface area (Å²) in [6.45, 7) is 15.1. The van der Waals surface area contributed by atoms with Gasteiger partial charge in [-0.2, -0.15) is 0 Å². The Hall–Kier alpha value is -1.99. The maximum Gasteiger partial charge on any atom is 0.191 e. The molecule has 2 heterocycles. The van der Waals surface area contributed by atoms with Gasteiger partial charge in [0.15, 0.2) is 17.5 Å². The van der Waals surface area contributed by atoms with Crippen LogP contribution in [0.1, 0.15) is 20.8 Å². The van der Waals surface area contributed by atoms with Crippen molar-refractivity contribution in [3.63, 3.8) is 0 Å². The number of hydrogen-bond donors (Lipinski definition) is 2. The molecule has 0 radical (unpaired) electrons. The normalized spacial score (nSPS) is 22.0. The molecule has 1 aromatic rings. The average Bonchev–Trinajstić information content (AvgIpc) is 2.75. The maximum atomic E-state index is 6.02. The van der Waals surface area contributed by atoms with Crippen molar-refractivity contribution in [1.82, 2.24) is 20.4 Å². The fraction of sp³-hybridized carbons (Fsp3) is 0.667. The minimum absolute atomic E-state index is 0.0294. The van der Waals surface area contributed by atoms with Gasteiger partial charge in [-0.3, -0.25) is 9.89 Å². The van der Waals surface area contributed by atoms with Crippen LogP contribution in [-0.2, 0) is 0 Å². The topological polar surface area (TPSA) is 61.4 Å². The van der Waals surface area contributed by atoms with Gasteiger partial charge in [0.1, 0.15) is 12.7 Å². The summed E-state index contributed by atoms with van der Waals surface area (Å²) in [7, 11) is 0. The molecule has 0 aromatic heterocycles. The van der Waals surface area contributed by atoms with Gasteiger partial charge < -0.3 is 25.0 Å². The zero-order valence-corrected chi connectivity index (χ0v) is 17.5. The van der Waals surface area contributed by atoms with E-state index in [-0.39, 0.29) is 6.10 Å². The molecule has 0 spiro atoms. The zero-order chi connectivity index (χ0) is 19.8. The number of ether oxygens (including phenoxy) is 2. The first-order chi connectivity index (χ1) is 13.7. The van der Waals surface area contributed by atoms with Gasteiger partial charge in [0.05, 0.1) is 13.1 Å². The molecule has 3 rings (SSSR count). The molecule has 2 atom stereocenters. The molecule has 7 nitrogen and oxygen atoms in total. The van der Waals surface area contributed by atoms with E-state index in [1.807, 2.05) is 24.3 Å². The number of nitrogens with zero attached hydrogens (tertiary/aromatic N) is 3. The number of aliphatic imine (C=N–C) groups is 1. The largest absolute Gasteiger partial charge is 0.486 e. The minimum atomic E-state index is -0.0294. The maximum absolute atomic E-state index is 6.02. The van der Waals surface area contributed by atoms with E-state index < -0.39 is 0 Å². The molecule has 7 heteroatoms. The molecule has 0 bridgehead atoms. The van der Waals surface area contributed by atoms with Gasteiger partial charge >= 0.3 is 0 Å². The Morgan fingerprint density at radius 1 is 1.14 bits per heavy atom. The summed E-state index contributed by atoms with van der Waals surface area (Å²) < 4.78 is 11.8. The van der Waals surface area contributed by atoms with E-state index in [0.717, 1.165) is 63.3 Å². The van der Waals surface area contributed by atoms with E-state index in [2.05, 4.69) is 41.2 Å². The van der Waals surface area contributed by atoms with Crippen LogP contribution in [0.5, 0.6) is 11.5 Å². The van der Waals surface area contributed by atoms with Gasteiger partial charge in [-0.1, -0.05) is 19.1 Å². The van der Waals surface area contributed by atoms with Crippen LogP contribution in [0.3, 0.4) is 0 Å². The van der Waals surface area contributed by atoms with Crippen LogP contribution in [0.25, 0.3) is 0 Å². The van der Waals surface area contributed by atoms with Crippen LogP contribution >= 0.6 is 0 Å². The molecule has 1 fully saturated rings. The van der Waals surface area contributed by atoms with Crippen LogP contribution in [0.15, 0.2) is 29.3 Å². The Morgan fingerprint density at radius 3 is 2.61 bits per heavy atom. The van der Waals surface area contributed by atoms with Gasteiger partial charge in [-0.15, -0.1) is 0 Å². The Kier molecular flexibility index (Phi) is 7.80. The van der Waals surface area contributed by atoms with Crippen molar-refractivity contribution in [3.8, 4) is 11.5 Å². The van der Waals surface area contributed by atoms with E-state index in [0.29, 0.717) is 19.2 Å². The highest BCUT2D eigenvalue weighted by atomic mass is 16.6. The van der Waals surface area contributed by atoms with Crippen molar-refractivity contribution in [3.05, 3.63) is 24.3 Å². The van der Waals surface area contributed by atoms with Gasteiger partial charge in [-0.25, -0.2) is 0 Å². The highest BCUT2D eigenvalue weighted by molar-refractivity contribution is 5.79. The lowest BCUT2D eigenvalue weighted by atomic mass is 10.2. The predicted molar refractivity (Wildman–Crippen MR) is 113 cm³/mol. The molecule has 0 aliphatic carbocycles. The quantitative estimate of drug-likeness (QED) is 0.543. The Balaban J connectivity index is 1.46. The standard InChI is InChI=1S/C21H35N5O2/c1-4-22-21(23-14-17(3)26-12-10-25(5-2)11-13-26)24-15-18-16-27-19-8-6-7-9-20(19)28-18/h6-9,17-18H,4-5,10-16H2,1-3H3,(H2,22,23,24). The Bertz CT molecular complexity index is 631. The second kappa shape index (κ2) is 10.5. The molecule has 0 saturated carbocycles. The number of piperazine rings is 1. The van der Waals surface area contributed by atoms with E-state index in [1.165, 1.54) is 0 Å². The van der Waals surface area contributed by atoms with Crippen molar-refractivity contribution >= 4 is 5.96 Å². The molecule has 0 amide bonds. The number of likely N-dealkylation sites (N-methyl/N-ethyl adjacent to an activating group) is 1. The summed E-state index contributed by atoms with van der Waals surface area (Å²) in [5.41, 5.74) is 0. The smallest absolute Gasteiger partial charge is 0.191 e. The number of guanidine groups is 1. The molecular weight excluding hydrogens is 354 g/mol. The molecule has 156 valence electrons. The lowest BCUT2D eigenvalue weighted by molar-refractivity contribution is 0.0935. The van der Waals surface area contributed by atoms with Crippen molar-refractivity contribution < 1.29 is 9.47 Å². The second-order valence-corrected chi connectivity index (χ2v) is 7.42. The van der Waals surface area contributed by atoms with E-state index in [9.17, 15) is 0 Å². The first kappa shape index (κ1) is 20.7. The Labute approximate surface area is 169 Å². The van der Waals surface area contributed by atoms with E-state index in [1.54, 1.807) is 0 Å². The van der Waals surface area contributed by atoms with Crippen LogP contribution < -0.4 is 20.1 Å². The number of para-hydroxylation sites is 2. The first-order valence-corrected chi connectivity index (χ1v) is 10.6. The van der Waals surface area contributed by atoms with Crippen molar-refractivity contribution in [2.75, 3.05) is 59.0 Å². The van der Waals surface area contributed by atoms with Gasteiger partial charge in [0.2, 0.25) is 0 Å². The molecule has 2 aliphatic heterocycles. The number of hydrogen-bond acceptors (Lipinski definition) is 5. The summed E-state index contributed by atoms with van der Waals surface area (Å²) in [5.74, 6) is 2.46. The predicted octanol–water partition coefficient (Wildman–Crippen LogP) is 1.41.